The van der Waals surface area contributed by atoms with Gasteiger partial charge in [-0.1, -0.05) is 6.07 Å². The highest BCUT2D eigenvalue weighted by Crippen LogP contribution is 2.28. The summed E-state index contributed by atoms with van der Waals surface area (Å²) in [5.41, 5.74) is -0.469. The molecular weight excluding hydrogens is 583 g/mol. The molecule has 0 atom stereocenters. The monoisotopic (exact) mass is 616 g/mol. The van der Waals surface area contributed by atoms with Gasteiger partial charge in [-0.3, -0.25) is 14.1 Å². The van der Waals surface area contributed by atoms with Gasteiger partial charge in [0.15, 0.2) is 11.4 Å². The lowest BCUT2D eigenvalue weighted by Gasteiger charge is -2.45. The lowest BCUT2D eigenvalue weighted by Crippen LogP contribution is -2.57. The molecule has 0 aliphatic rings. The molecule has 0 saturated carbocycles. The summed E-state index contributed by atoms with van der Waals surface area (Å²) < 4.78 is 66.9. The Bertz CT molecular complexity index is 1460. The summed E-state index contributed by atoms with van der Waals surface area (Å²) in [6, 6.07) is 6.85. The fraction of sp³-hybridized carbons (Fsp3) is 0.429. The van der Waals surface area contributed by atoms with Gasteiger partial charge >= 0.3 is 18.2 Å². The molecule has 2 amide bonds. The first kappa shape index (κ1) is 34.8. The molecule has 2 aromatic heterocycles. The Labute approximate surface area is 244 Å². The largest absolute Gasteiger partial charge is 0.490 e. The number of nitrogens with one attached hydrogen (secondary N) is 1. The van der Waals surface area contributed by atoms with E-state index in [1.54, 1.807) is 29.7 Å². The fourth-order valence-corrected chi connectivity index (χ4v) is 4.49. The van der Waals surface area contributed by atoms with Crippen molar-refractivity contribution in [3.63, 3.8) is 0 Å². The lowest BCUT2D eigenvalue weighted by atomic mass is 9.92. The van der Waals surface area contributed by atoms with Gasteiger partial charge in [0.25, 0.3) is 5.91 Å². The van der Waals surface area contributed by atoms with Crippen molar-refractivity contribution in [1.82, 2.24) is 19.6 Å². The number of carbonyl (C=O) groups is 3. The van der Waals surface area contributed by atoms with Crippen LogP contribution < -0.4 is 10.1 Å². The highest BCUT2D eigenvalue weighted by Gasteiger charge is 2.39. The van der Waals surface area contributed by atoms with E-state index in [1.807, 2.05) is 34.6 Å². The number of ether oxygens (including phenoxy) is 1. The number of halogens is 5. The molecule has 0 radical (unpaired) electrons. The van der Waals surface area contributed by atoms with Crippen LogP contribution in [0.15, 0.2) is 36.5 Å². The highest BCUT2D eigenvalue weighted by atomic mass is 19.4. The number of alkyl halides is 3. The molecule has 43 heavy (non-hydrogen) atoms. The Morgan fingerprint density at radius 1 is 1.00 bits per heavy atom. The second kappa shape index (κ2) is 13.3. The summed E-state index contributed by atoms with van der Waals surface area (Å²) in [6.45, 7) is 10.7. The maximum Gasteiger partial charge on any atom is 0.490 e. The topological polar surface area (TPSA) is 133 Å². The average Bonchev–Trinajstić information content (AvgIpc) is 3.18. The van der Waals surface area contributed by atoms with Crippen molar-refractivity contribution in [3.8, 4) is 5.75 Å². The third kappa shape index (κ3) is 8.78. The second-order valence-corrected chi connectivity index (χ2v) is 11.0. The minimum absolute atomic E-state index is 0.200. The van der Waals surface area contributed by atoms with E-state index in [0.717, 1.165) is 12.1 Å². The number of pyridine rings is 1. The Kier molecular flexibility index (Phi) is 10.7. The zero-order chi connectivity index (χ0) is 32.9. The Hall–Kier alpha value is -4.43. The molecule has 3 N–H and O–H groups in total. The van der Waals surface area contributed by atoms with Gasteiger partial charge in [-0.15, -0.1) is 0 Å². The molecule has 0 fully saturated rings. The van der Waals surface area contributed by atoms with E-state index in [2.05, 4.69) is 10.3 Å². The standard InChI is InChI=1S/C26H32F2N4O4.C2HF3O2/c1-16-21(23(33)29-13-12-26(5,6)32(24(34)35)25(2,3)4)31-14-8-11-20(22(31)30-16)36-15-17-18(27)9-7-10-19(17)28;3-2(4,5)1(6)7/h7-11,14H,12-13,15H2,1-6H3,(H,29,33)(H,34,35);(H,6,7). The van der Waals surface area contributed by atoms with Gasteiger partial charge in [-0.05, 0) is 72.2 Å². The zero-order valence-electron chi connectivity index (χ0n) is 24.3. The molecule has 1 aromatic carbocycles. The molecule has 0 aliphatic heterocycles. The summed E-state index contributed by atoms with van der Waals surface area (Å²) in [6.07, 6.45) is -4.07. The molecular formula is C28H33F5N4O6. The van der Waals surface area contributed by atoms with Crippen LogP contribution in [0.2, 0.25) is 0 Å². The molecule has 0 saturated heterocycles. The number of hydrogen-bond acceptors (Lipinski definition) is 5. The third-order valence-electron chi connectivity index (χ3n) is 6.17. The number of imidazole rings is 1. The quantitative estimate of drug-likeness (QED) is 0.272. The number of nitrogens with zero attached hydrogens (tertiary/aromatic N) is 3. The number of hydrogen-bond donors (Lipinski definition) is 3. The molecule has 0 bridgehead atoms. The molecule has 0 aliphatic carbocycles. The van der Waals surface area contributed by atoms with Crippen LogP contribution in [-0.4, -0.2) is 66.3 Å². The molecule has 3 aromatic rings. The smallest absolute Gasteiger partial charge is 0.485 e. The van der Waals surface area contributed by atoms with Crippen molar-refractivity contribution in [2.24, 2.45) is 0 Å². The van der Waals surface area contributed by atoms with Crippen LogP contribution in [0.3, 0.4) is 0 Å². The predicted octanol–water partition coefficient (Wildman–Crippen LogP) is 5.81. The number of carbonyl (C=O) groups excluding carboxylic acids is 1. The van der Waals surface area contributed by atoms with Gasteiger partial charge in [-0.25, -0.2) is 23.4 Å². The van der Waals surface area contributed by atoms with E-state index in [4.69, 9.17) is 14.6 Å². The van der Waals surface area contributed by atoms with E-state index >= 15 is 0 Å². The summed E-state index contributed by atoms with van der Waals surface area (Å²) >= 11 is 0. The van der Waals surface area contributed by atoms with E-state index in [1.165, 1.54) is 11.0 Å². The first-order chi connectivity index (χ1) is 19.7. The van der Waals surface area contributed by atoms with Crippen LogP contribution >= 0.6 is 0 Å². The molecule has 0 spiro atoms. The third-order valence-corrected chi connectivity index (χ3v) is 6.17. The van der Waals surface area contributed by atoms with E-state index < -0.39 is 41.0 Å². The second-order valence-electron chi connectivity index (χ2n) is 11.0. The van der Waals surface area contributed by atoms with E-state index in [0.29, 0.717) is 17.8 Å². The predicted molar refractivity (Wildman–Crippen MR) is 145 cm³/mol. The van der Waals surface area contributed by atoms with Crippen LogP contribution in [0.5, 0.6) is 5.75 Å². The van der Waals surface area contributed by atoms with Gasteiger partial charge in [0.1, 0.15) is 23.9 Å². The molecule has 10 nitrogen and oxygen atoms in total. The van der Waals surface area contributed by atoms with Gasteiger partial charge in [0.2, 0.25) is 0 Å². The van der Waals surface area contributed by atoms with Crippen molar-refractivity contribution in [3.05, 3.63) is 65.1 Å². The maximum atomic E-state index is 14.0. The van der Waals surface area contributed by atoms with Gasteiger partial charge in [0, 0.05) is 23.8 Å². The number of carboxylic acid groups (broad SMARTS) is 2. The Balaban J connectivity index is 0.000000821. The number of aromatic nitrogens is 2. The van der Waals surface area contributed by atoms with Crippen LogP contribution in [0, 0.1) is 18.6 Å². The molecule has 236 valence electrons. The zero-order valence-corrected chi connectivity index (χ0v) is 24.3. The molecule has 3 rings (SSSR count). The molecule has 2 heterocycles. The fourth-order valence-electron chi connectivity index (χ4n) is 4.49. The lowest BCUT2D eigenvalue weighted by molar-refractivity contribution is -0.192. The average molecular weight is 617 g/mol. The molecule has 15 heteroatoms. The number of benzene rings is 1. The summed E-state index contributed by atoms with van der Waals surface area (Å²) in [7, 11) is 0. The van der Waals surface area contributed by atoms with Crippen molar-refractivity contribution in [2.45, 2.75) is 71.8 Å². The maximum absolute atomic E-state index is 14.0. The van der Waals surface area contributed by atoms with Gasteiger partial charge in [-0.2, -0.15) is 13.2 Å². The number of aliphatic carboxylic acids is 1. The van der Waals surface area contributed by atoms with Crippen LogP contribution in [0.25, 0.3) is 5.65 Å². The van der Waals surface area contributed by atoms with Crippen molar-refractivity contribution in [2.75, 3.05) is 6.54 Å². The van der Waals surface area contributed by atoms with Crippen molar-refractivity contribution in [1.29, 1.82) is 0 Å². The molecule has 0 unspecified atom stereocenters. The number of aryl methyl sites for hydroxylation is 1. The minimum atomic E-state index is -5.08. The Morgan fingerprint density at radius 2 is 1.56 bits per heavy atom. The van der Waals surface area contributed by atoms with Crippen molar-refractivity contribution >= 4 is 23.6 Å². The van der Waals surface area contributed by atoms with E-state index in [9.17, 15) is 36.6 Å². The number of carboxylic acids is 1. The Morgan fingerprint density at radius 3 is 2.05 bits per heavy atom. The highest BCUT2D eigenvalue weighted by molar-refractivity contribution is 5.95. The number of fused-ring (bicyclic) bond motifs is 1. The number of amides is 2. The summed E-state index contributed by atoms with van der Waals surface area (Å²) in [4.78, 5) is 39.6. The minimum Gasteiger partial charge on any atom is -0.485 e. The van der Waals surface area contributed by atoms with Crippen LogP contribution in [0.1, 0.15) is 62.8 Å². The summed E-state index contributed by atoms with van der Waals surface area (Å²) in [5, 5.41) is 19.7. The van der Waals surface area contributed by atoms with E-state index in [-0.39, 0.29) is 36.1 Å². The first-order valence-electron chi connectivity index (χ1n) is 12.8. The van der Waals surface area contributed by atoms with Gasteiger partial charge < -0.3 is 20.3 Å². The van der Waals surface area contributed by atoms with Crippen LogP contribution in [-0.2, 0) is 11.4 Å². The van der Waals surface area contributed by atoms with Gasteiger partial charge in [0.05, 0.1) is 11.3 Å². The summed E-state index contributed by atoms with van der Waals surface area (Å²) in [5.74, 6) is -4.29. The first-order valence-corrected chi connectivity index (χ1v) is 12.8. The van der Waals surface area contributed by atoms with Crippen molar-refractivity contribution < 1.29 is 51.3 Å². The number of rotatable bonds is 8. The SMILES string of the molecule is Cc1nc2c(OCc3c(F)cccc3F)cccn2c1C(=O)NCCC(C)(C)N(C(=O)O)C(C)(C)C.O=C(O)C(F)(F)F. The van der Waals surface area contributed by atoms with Crippen LogP contribution in [0.4, 0.5) is 26.7 Å². The normalized spacial score (nSPS) is 11.9.